The third-order valence-corrected chi connectivity index (χ3v) is 4.34. The summed E-state index contributed by atoms with van der Waals surface area (Å²) >= 11 is 0. The molecule has 0 saturated carbocycles. The predicted molar refractivity (Wildman–Crippen MR) is 102 cm³/mol. The number of fused-ring (bicyclic) bond motifs is 1. The van der Waals surface area contributed by atoms with Crippen molar-refractivity contribution in [2.75, 3.05) is 7.11 Å². The number of nitrogens with zero attached hydrogens (tertiary/aromatic N) is 1. The first-order chi connectivity index (χ1) is 12.7. The number of ether oxygens (including phenoxy) is 2. The number of para-hydroxylation sites is 1. The van der Waals surface area contributed by atoms with Crippen LogP contribution in [0.2, 0.25) is 0 Å². The average Bonchev–Trinajstić information content (AvgIpc) is 3.16. The minimum absolute atomic E-state index is 0.0622. The average molecular weight is 346 g/mol. The minimum atomic E-state index is -0.0622. The fraction of sp³-hybridized carbons (Fsp3) is 0.0952. The topological polar surface area (TPSA) is 56.2 Å². The Balaban J connectivity index is 1.93. The molecule has 0 aliphatic rings. The molecule has 5 heteroatoms. The van der Waals surface area contributed by atoms with E-state index in [-0.39, 0.29) is 5.56 Å². The number of H-pyrrole nitrogens is 1. The minimum Gasteiger partial charge on any atom is -0.497 e. The summed E-state index contributed by atoms with van der Waals surface area (Å²) in [6.45, 7) is 0. The van der Waals surface area contributed by atoms with Crippen molar-refractivity contribution in [2.45, 2.75) is 0 Å². The lowest BCUT2D eigenvalue weighted by Gasteiger charge is -2.14. The lowest BCUT2D eigenvalue weighted by atomic mass is 10.0. The summed E-state index contributed by atoms with van der Waals surface area (Å²) in [7, 11) is 3.37. The van der Waals surface area contributed by atoms with Crippen LogP contribution in [0.3, 0.4) is 0 Å². The molecule has 0 amide bonds. The van der Waals surface area contributed by atoms with Crippen LogP contribution < -0.4 is 15.0 Å². The molecule has 0 fully saturated rings. The molecule has 26 heavy (non-hydrogen) atoms. The number of benzene rings is 2. The van der Waals surface area contributed by atoms with Crippen molar-refractivity contribution < 1.29 is 9.47 Å². The highest BCUT2D eigenvalue weighted by Crippen LogP contribution is 2.38. The Morgan fingerprint density at radius 2 is 1.77 bits per heavy atom. The van der Waals surface area contributed by atoms with Gasteiger partial charge in [-0.25, -0.2) is 0 Å². The maximum absolute atomic E-state index is 12.3. The summed E-state index contributed by atoms with van der Waals surface area (Å²) in [4.78, 5) is 15.4. The number of hydrogen-bond acceptors (Lipinski definition) is 3. The molecule has 130 valence electrons. The van der Waals surface area contributed by atoms with Crippen molar-refractivity contribution >= 4 is 10.9 Å². The van der Waals surface area contributed by atoms with Crippen LogP contribution in [-0.2, 0) is 7.05 Å². The SMILES string of the molecule is COc1ccc(-c2cn(C)c(=O)c3[nH]ccc23)c(Oc2ccccc2)c1. The van der Waals surface area contributed by atoms with E-state index in [4.69, 9.17) is 9.47 Å². The molecule has 0 saturated heterocycles. The van der Waals surface area contributed by atoms with Gasteiger partial charge >= 0.3 is 0 Å². The molecular weight excluding hydrogens is 328 g/mol. The Labute approximate surface area is 150 Å². The highest BCUT2D eigenvalue weighted by molar-refractivity contribution is 5.96. The summed E-state index contributed by atoms with van der Waals surface area (Å²) in [5, 5.41) is 0.858. The van der Waals surface area contributed by atoms with Gasteiger partial charge in [0.1, 0.15) is 22.8 Å². The summed E-state index contributed by atoms with van der Waals surface area (Å²) in [6, 6.07) is 17.2. The molecule has 0 aliphatic carbocycles. The monoisotopic (exact) mass is 346 g/mol. The standard InChI is InChI=1S/C21H18N2O3/c1-23-13-18(17-10-11-22-20(17)21(23)24)16-9-8-15(25-2)12-19(16)26-14-6-4-3-5-7-14/h3-13,22H,1-2H3. The van der Waals surface area contributed by atoms with Gasteiger partial charge in [0.05, 0.1) is 7.11 Å². The van der Waals surface area contributed by atoms with Crippen LogP contribution in [-0.4, -0.2) is 16.7 Å². The van der Waals surface area contributed by atoms with Crippen LogP contribution in [0, 0.1) is 0 Å². The van der Waals surface area contributed by atoms with Gasteiger partial charge < -0.3 is 19.0 Å². The van der Waals surface area contributed by atoms with Crippen LogP contribution in [0.5, 0.6) is 17.2 Å². The summed E-state index contributed by atoms with van der Waals surface area (Å²) in [6.07, 6.45) is 3.61. The second kappa shape index (κ2) is 6.44. The molecule has 0 radical (unpaired) electrons. The first-order valence-electron chi connectivity index (χ1n) is 8.25. The Kier molecular flexibility index (Phi) is 3.97. The summed E-state index contributed by atoms with van der Waals surface area (Å²) in [5.74, 6) is 2.10. The van der Waals surface area contributed by atoms with E-state index in [1.54, 1.807) is 24.9 Å². The number of pyridine rings is 1. The van der Waals surface area contributed by atoms with Crippen LogP contribution in [0.1, 0.15) is 0 Å². The zero-order valence-corrected chi connectivity index (χ0v) is 14.5. The molecule has 0 atom stereocenters. The molecule has 2 aromatic heterocycles. The number of aryl methyl sites for hydroxylation is 1. The Bertz CT molecular complexity index is 1130. The number of methoxy groups -OCH3 is 1. The van der Waals surface area contributed by atoms with E-state index in [1.165, 1.54) is 0 Å². The first-order valence-corrected chi connectivity index (χ1v) is 8.25. The van der Waals surface area contributed by atoms with Crippen LogP contribution in [0.4, 0.5) is 0 Å². The second-order valence-electron chi connectivity index (χ2n) is 6.00. The number of nitrogens with one attached hydrogen (secondary N) is 1. The zero-order valence-electron chi connectivity index (χ0n) is 14.5. The number of aromatic amines is 1. The quantitative estimate of drug-likeness (QED) is 0.598. The maximum atomic E-state index is 12.3. The highest BCUT2D eigenvalue weighted by atomic mass is 16.5. The molecule has 4 aromatic rings. The number of aromatic nitrogens is 2. The van der Waals surface area contributed by atoms with Gasteiger partial charge in [-0.3, -0.25) is 4.79 Å². The fourth-order valence-electron chi connectivity index (χ4n) is 3.04. The zero-order chi connectivity index (χ0) is 18.1. The number of rotatable bonds is 4. The highest BCUT2D eigenvalue weighted by Gasteiger charge is 2.15. The van der Waals surface area contributed by atoms with Crippen LogP contribution >= 0.6 is 0 Å². The van der Waals surface area contributed by atoms with E-state index in [2.05, 4.69) is 4.98 Å². The van der Waals surface area contributed by atoms with Crippen molar-refractivity contribution in [1.82, 2.24) is 9.55 Å². The third kappa shape index (κ3) is 2.73. The normalized spacial score (nSPS) is 10.8. The largest absolute Gasteiger partial charge is 0.497 e. The van der Waals surface area contributed by atoms with Crippen molar-refractivity contribution in [1.29, 1.82) is 0 Å². The molecule has 0 unspecified atom stereocenters. The molecule has 2 heterocycles. The van der Waals surface area contributed by atoms with Gasteiger partial charge in [-0.15, -0.1) is 0 Å². The molecular formula is C21H18N2O3. The molecule has 0 bridgehead atoms. The van der Waals surface area contributed by atoms with E-state index < -0.39 is 0 Å². The smallest absolute Gasteiger partial charge is 0.274 e. The Morgan fingerprint density at radius 3 is 2.54 bits per heavy atom. The van der Waals surface area contributed by atoms with Gasteiger partial charge in [0.15, 0.2) is 0 Å². The lowest BCUT2D eigenvalue weighted by Crippen LogP contribution is -2.16. The van der Waals surface area contributed by atoms with Crippen LogP contribution in [0.25, 0.3) is 22.0 Å². The summed E-state index contributed by atoms with van der Waals surface area (Å²) < 4.78 is 13.1. The van der Waals surface area contributed by atoms with Crippen molar-refractivity contribution in [3.05, 3.63) is 77.3 Å². The fourth-order valence-corrected chi connectivity index (χ4v) is 3.04. The van der Waals surface area contributed by atoms with Gasteiger partial charge in [-0.05, 0) is 30.3 Å². The van der Waals surface area contributed by atoms with Gasteiger partial charge in [-0.2, -0.15) is 0 Å². The van der Waals surface area contributed by atoms with E-state index >= 15 is 0 Å². The van der Waals surface area contributed by atoms with Crippen molar-refractivity contribution in [3.8, 4) is 28.4 Å². The Morgan fingerprint density at radius 1 is 0.962 bits per heavy atom. The molecule has 0 aliphatic heterocycles. The first kappa shape index (κ1) is 16.0. The second-order valence-corrected chi connectivity index (χ2v) is 6.00. The van der Waals surface area contributed by atoms with Crippen LogP contribution in [0.15, 0.2) is 71.8 Å². The van der Waals surface area contributed by atoms with E-state index in [0.717, 1.165) is 22.3 Å². The number of hydrogen-bond donors (Lipinski definition) is 1. The lowest BCUT2D eigenvalue weighted by molar-refractivity contribution is 0.409. The predicted octanol–water partition coefficient (Wildman–Crippen LogP) is 4.33. The van der Waals surface area contributed by atoms with E-state index in [0.29, 0.717) is 17.0 Å². The van der Waals surface area contributed by atoms with Gasteiger partial charge in [0, 0.05) is 42.0 Å². The van der Waals surface area contributed by atoms with Crippen molar-refractivity contribution in [2.24, 2.45) is 7.05 Å². The van der Waals surface area contributed by atoms with Gasteiger partial charge in [-0.1, -0.05) is 18.2 Å². The molecule has 0 spiro atoms. The molecule has 2 aromatic carbocycles. The third-order valence-electron chi connectivity index (χ3n) is 4.34. The maximum Gasteiger partial charge on any atom is 0.274 e. The van der Waals surface area contributed by atoms with E-state index in [1.807, 2.05) is 60.8 Å². The van der Waals surface area contributed by atoms with Gasteiger partial charge in [0.25, 0.3) is 5.56 Å². The summed E-state index contributed by atoms with van der Waals surface area (Å²) in [5.41, 5.74) is 2.31. The van der Waals surface area contributed by atoms with Crippen molar-refractivity contribution in [3.63, 3.8) is 0 Å². The Hall–Kier alpha value is -3.47. The molecule has 5 nitrogen and oxygen atoms in total. The van der Waals surface area contributed by atoms with Gasteiger partial charge in [0.2, 0.25) is 0 Å². The molecule has 4 rings (SSSR count). The molecule has 1 N–H and O–H groups in total. The van der Waals surface area contributed by atoms with E-state index in [9.17, 15) is 4.79 Å².